The zero-order chi connectivity index (χ0) is 24.9. The Morgan fingerprint density at radius 1 is 1.03 bits per heavy atom. The normalized spacial score (nSPS) is 16.3. The van der Waals surface area contributed by atoms with Crippen LogP contribution in [0.25, 0.3) is 22.3 Å². The topological polar surface area (TPSA) is 102 Å². The number of hydrogen-bond donors (Lipinski definition) is 2. The fourth-order valence-corrected chi connectivity index (χ4v) is 4.09. The maximum absolute atomic E-state index is 15.2. The Morgan fingerprint density at radius 3 is 2.43 bits per heavy atom. The largest absolute Gasteiger partial charge is 0.451 e. The molecule has 0 saturated carbocycles. The molecule has 2 aromatic heterocycles. The van der Waals surface area contributed by atoms with Crippen LogP contribution in [0, 0.1) is 29.1 Å². The maximum Gasteiger partial charge on any atom is 0.204 e. The van der Waals surface area contributed by atoms with Gasteiger partial charge < -0.3 is 15.6 Å². The molecule has 2 aromatic carbocycles. The molecule has 0 radical (unpaired) electrons. The third-order valence-corrected chi connectivity index (χ3v) is 5.80. The summed E-state index contributed by atoms with van der Waals surface area (Å²) in [6.45, 7) is 1.01. The van der Waals surface area contributed by atoms with Gasteiger partial charge in [0.05, 0.1) is 18.2 Å². The zero-order valence-corrected chi connectivity index (χ0v) is 17.9. The second-order valence-electron chi connectivity index (χ2n) is 7.95. The lowest BCUT2D eigenvalue weighted by Gasteiger charge is -2.13. The molecule has 5 rings (SSSR count). The van der Waals surface area contributed by atoms with Crippen molar-refractivity contribution in [2.75, 3.05) is 25.6 Å². The van der Waals surface area contributed by atoms with Crippen LogP contribution in [-0.2, 0) is 0 Å². The number of rotatable bonds is 5. The van der Waals surface area contributed by atoms with E-state index in [1.54, 1.807) is 4.68 Å². The lowest BCUT2D eigenvalue weighted by Crippen LogP contribution is -2.22. The standard InChI is InChI=1S/C22H17F5N6O2/c23-13-5-11(35-20-17(26)14(24)6-15(25)18(20)27)1-2-12(13)19-16-21(28)29-8-30-22(16)33(31-19)10-3-4-32(7-10)9-34/h1-2,5-6,8,10,34H,3-4,7,9H2,(H2,28,29,30)/t10-/m1/s1. The number of aliphatic hydroxyl groups excluding tert-OH is 1. The van der Waals surface area contributed by atoms with Crippen molar-refractivity contribution in [1.82, 2.24) is 24.6 Å². The molecule has 3 N–H and O–H groups in total. The number of likely N-dealkylation sites (tertiary alicyclic amines) is 1. The number of nitrogens with two attached hydrogens (primary N) is 1. The van der Waals surface area contributed by atoms with Crippen LogP contribution in [-0.4, -0.2) is 49.6 Å². The first kappa shape index (κ1) is 22.9. The molecule has 1 aliphatic heterocycles. The molecule has 0 amide bonds. The molecule has 35 heavy (non-hydrogen) atoms. The number of nitrogen functional groups attached to an aromatic ring is 1. The smallest absolute Gasteiger partial charge is 0.204 e. The average molecular weight is 492 g/mol. The van der Waals surface area contributed by atoms with Crippen molar-refractivity contribution in [2.24, 2.45) is 0 Å². The van der Waals surface area contributed by atoms with Crippen LogP contribution in [0.3, 0.4) is 0 Å². The predicted molar refractivity (Wildman–Crippen MR) is 114 cm³/mol. The molecule has 0 bridgehead atoms. The van der Waals surface area contributed by atoms with Crippen LogP contribution in [0.2, 0.25) is 0 Å². The number of hydrogen-bond acceptors (Lipinski definition) is 7. The van der Waals surface area contributed by atoms with E-state index in [1.807, 2.05) is 4.90 Å². The van der Waals surface area contributed by atoms with Gasteiger partial charge in [-0.05, 0) is 18.6 Å². The fourth-order valence-electron chi connectivity index (χ4n) is 4.09. The van der Waals surface area contributed by atoms with Crippen LogP contribution in [0.15, 0.2) is 30.6 Å². The van der Waals surface area contributed by atoms with Crippen LogP contribution in [0.1, 0.15) is 12.5 Å². The Bertz CT molecular complexity index is 1420. The van der Waals surface area contributed by atoms with E-state index < -0.39 is 40.6 Å². The fraction of sp³-hybridized carbons (Fsp3) is 0.227. The number of halogens is 5. The van der Waals surface area contributed by atoms with Crippen LogP contribution >= 0.6 is 0 Å². The first-order valence-electron chi connectivity index (χ1n) is 10.4. The number of benzene rings is 2. The molecule has 1 saturated heterocycles. The Kier molecular flexibility index (Phi) is 5.73. The highest BCUT2D eigenvalue weighted by Crippen LogP contribution is 2.37. The molecular formula is C22H17F5N6O2. The van der Waals surface area contributed by atoms with Crippen LogP contribution < -0.4 is 10.5 Å². The molecule has 0 unspecified atom stereocenters. The minimum Gasteiger partial charge on any atom is -0.451 e. The summed E-state index contributed by atoms with van der Waals surface area (Å²) in [5.74, 6) is -9.41. The lowest BCUT2D eigenvalue weighted by molar-refractivity contribution is 0.127. The lowest BCUT2D eigenvalue weighted by atomic mass is 10.1. The van der Waals surface area contributed by atoms with E-state index in [4.69, 9.17) is 10.5 Å². The molecule has 3 heterocycles. The highest BCUT2D eigenvalue weighted by Gasteiger charge is 2.29. The van der Waals surface area contributed by atoms with Crippen molar-refractivity contribution < 1.29 is 31.8 Å². The summed E-state index contributed by atoms with van der Waals surface area (Å²) in [5, 5.41) is 14.2. The van der Waals surface area contributed by atoms with E-state index >= 15 is 4.39 Å². The van der Waals surface area contributed by atoms with Gasteiger partial charge in [0.25, 0.3) is 0 Å². The molecule has 1 fully saturated rings. The van der Waals surface area contributed by atoms with Crippen molar-refractivity contribution in [3.05, 3.63) is 59.7 Å². The summed E-state index contributed by atoms with van der Waals surface area (Å²) < 4.78 is 76.5. The highest BCUT2D eigenvalue weighted by atomic mass is 19.2. The molecular weight excluding hydrogens is 475 g/mol. The molecule has 13 heteroatoms. The molecule has 1 aliphatic rings. The van der Waals surface area contributed by atoms with Crippen molar-refractivity contribution in [1.29, 1.82) is 0 Å². The SMILES string of the molecule is Nc1ncnc2c1c(-c1ccc(Oc3c(F)c(F)cc(F)c3F)cc1F)nn2[C@@H]1CCN(CO)C1. The van der Waals surface area contributed by atoms with Gasteiger partial charge in [0.1, 0.15) is 29.4 Å². The van der Waals surface area contributed by atoms with Gasteiger partial charge >= 0.3 is 0 Å². The Labute approximate surface area is 194 Å². The number of ether oxygens (including phenoxy) is 1. The third kappa shape index (κ3) is 3.91. The minimum absolute atomic E-state index is 0.0361. The van der Waals surface area contributed by atoms with Gasteiger partial charge in [0.2, 0.25) is 17.4 Å². The second kappa shape index (κ2) is 8.74. The summed E-state index contributed by atoms with van der Waals surface area (Å²) in [6, 6.07) is 3.06. The maximum atomic E-state index is 15.2. The van der Waals surface area contributed by atoms with Gasteiger partial charge in [-0.1, -0.05) is 0 Å². The Balaban J connectivity index is 1.56. The van der Waals surface area contributed by atoms with Crippen LogP contribution in [0.5, 0.6) is 11.5 Å². The summed E-state index contributed by atoms with van der Waals surface area (Å²) in [4.78, 5) is 10.0. The first-order chi connectivity index (χ1) is 16.8. The molecule has 4 aromatic rings. The van der Waals surface area contributed by atoms with E-state index in [0.29, 0.717) is 30.5 Å². The summed E-state index contributed by atoms with van der Waals surface area (Å²) in [6.07, 6.45) is 1.92. The van der Waals surface area contributed by atoms with Crippen molar-refractivity contribution >= 4 is 16.9 Å². The van der Waals surface area contributed by atoms with E-state index in [1.165, 1.54) is 12.4 Å². The van der Waals surface area contributed by atoms with Gasteiger partial charge in [-0.3, -0.25) is 4.90 Å². The quantitative estimate of drug-likeness (QED) is 0.323. The van der Waals surface area contributed by atoms with Gasteiger partial charge in [-0.2, -0.15) is 13.9 Å². The van der Waals surface area contributed by atoms with E-state index in [-0.39, 0.29) is 35.9 Å². The van der Waals surface area contributed by atoms with E-state index in [0.717, 1.165) is 12.1 Å². The number of aromatic nitrogens is 4. The summed E-state index contributed by atoms with van der Waals surface area (Å²) in [7, 11) is 0. The number of nitrogens with zero attached hydrogens (tertiary/aromatic N) is 5. The second-order valence-corrected chi connectivity index (χ2v) is 7.95. The number of fused-ring (bicyclic) bond motifs is 1. The predicted octanol–water partition coefficient (Wildman–Crippen LogP) is 3.76. The Hall–Kier alpha value is -3.84. The summed E-state index contributed by atoms with van der Waals surface area (Å²) >= 11 is 0. The monoisotopic (exact) mass is 492 g/mol. The molecule has 1 atom stereocenters. The highest BCUT2D eigenvalue weighted by molar-refractivity contribution is 5.98. The van der Waals surface area contributed by atoms with E-state index in [2.05, 4.69) is 15.1 Å². The van der Waals surface area contributed by atoms with Crippen LogP contribution in [0.4, 0.5) is 27.8 Å². The Morgan fingerprint density at radius 2 is 1.77 bits per heavy atom. The molecule has 0 aliphatic carbocycles. The summed E-state index contributed by atoms with van der Waals surface area (Å²) in [5.41, 5.74) is 6.51. The number of anilines is 1. The van der Waals surface area contributed by atoms with Crippen molar-refractivity contribution in [3.8, 4) is 22.8 Å². The molecule has 182 valence electrons. The van der Waals surface area contributed by atoms with Gasteiger partial charge in [0, 0.05) is 30.8 Å². The van der Waals surface area contributed by atoms with E-state index in [9.17, 15) is 22.7 Å². The molecule has 0 spiro atoms. The van der Waals surface area contributed by atoms with Crippen molar-refractivity contribution in [3.63, 3.8) is 0 Å². The van der Waals surface area contributed by atoms with Gasteiger partial charge in [0.15, 0.2) is 17.3 Å². The first-order valence-corrected chi connectivity index (χ1v) is 10.4. The van der Waals surface area contributed by atoms with Crippen molar-refractivity contribution in [2.45, 2.75) is 12.5 Å². The zero-order valence-electron chi connectivity index (χ0n) is 17.9. The minimum atomic E-state index is -1.75. The molecule has 8 nitrogen and oxygen atoms in total. The third-order valence-electron chi connectivity index (χ3n) is 5.80. The average Bonchev–Trinajstić information content (AvgIpc) is 3.46. The van der Waals surface area contributed by atoms with Gasteiger partial charge in [-0.25, -0.2) is 27.8 Å². The van der Waals surface area contributed by atoms with Gasteiger partial charge in [-0.15, -0.1) is 0 Å². The number of aliphatic hydroxyl groups is 1.